The monoisotopic (exact) mass is 255 g/mol. The van der Waals surface area contributed by atoms with Crippen LogP contribution in [-0.2, 0) is 16.0 Å². The maximum absolute atomic E-state index is 11.3. The second-order valence-electron chi connectivity index (χ2n) is 3.02. The van der Waals surface area contributed by atoms with Crippen molar-refractivity contribution in [3.8, 4) is 6.07 Å². The highest BCUT2D eigenvalue weighted by Gasteiger charge is 2.14. The van der Waals surface area contributed by atoms with Gasteiger partial charge in [-0.15, -0.1) is 12.6 Å². The van der Waals surface area contributed by atoms with Crippen molar-refractivity contribution in [2.24, 2.45) is 0 Å². The van der Waals surface area contributed by atoms with E-state index in [0.29, 0.717) is 27.7 Å². The molecule has 0 aromatic heterocycles. The summed E-state index contributed by atoms with van der Waals surface area (Å²) in [5, 5.41) is 9.22. The zero-order valence-corrected chi connectivity index (χ0v) is 10.3. The number of esters is 1. The summed E-state index contributed by atoms with van der Waals surface area (Å²) in [5.41, 5.74) is 0.839. The van der Waals surface area contributed by atoms with Gasteiger partial charge in [-0.25, -0.2) is 0 Å². The van der Waals surface area contributed by atoms with Crippen molar-refractivity contribution in [3.05, 3.63) is 28.3 Å². The maximum Gasteiger partial charge on any atom is 0.310 e. The SMILES string of the molecule is CCOC(=O)Cc1c(C#N)ccc(S)c1Cl. The normalized spacial score (nSPS) is 9.62. The molecule has 0 heterocycles. The number of thiol groups is 1. The van der Waals surface area contributed by atoms with Crippen LogP contribution in [0.5, 0.6) is 0 Å². The summed E-state index contributed by atoms with van der Waals surface area (Å²) in [6.07, 6.45) is -0.00995. The van der Waals surface area contributed by atoms with Gasteiger partial charge in [0.05, 0.1) is 29.7 Å². The molecule has 1 rings (SSSR count). The molecule has 0 aliphatic heterocycles. The van der Waals surface area contributed by atoms with E-state index in [1.807, 2.05) is 6.07 Å². The lowest BCUT2D eigenvalue weighted by atomic mass is 10.1. The standard InChI is InChI=1S/C11H10ClNO2S/c1-2-15-10(14)5-8-7(6-13)3-4-9(16)11(8)12/h3-4,16H,2,5H2,1H3. The van der Waals surface area contributed by atoms with Gasteiger partial charge < -0.3 is 4.74 Å². The average molecular weight is 256 g/mol. The highest BCUT2D eigenvalue weighted by atomic mass is 35.5. The van der Waals surface area contributed by atoms with Crippen LogP contribution in [0.1, 0.15) is 18.1 Å². The van der Waals surface area contributed by atoms with E-state index in [4.69, 9.17) is 21.6 Å². The molecule has 0 saturated carbocycles. The lowest BCUT2D eigenvalue weighted by Crippen LogP contribution is -2.09. The van der Waals surface area contributed by atoms with Crippen molar-refractivity contribution < 1.29 is 9.53 Å². The summed E-state index contributed by atoms with van der Waals surface area (Å²) in [4.78, 5) is 11.9. The minimum atomic E-state index is -0.403. The van der Waals surface area contributed by atoms with Gasteiger partial charge in [-0.05, 0) is 19.1 Å². The molecule has 0 aliphatic rings. The van der Waals surface area contributed by atoms with Gasteiger partial charge >= 0.3 is 5.97 Å². The summed E-state index contributed by atoms with van der Waals surface area (Å²) in [7, 11) is 0. The van der Waals surface area contributed by atoms with Gasteiger partial charge in [0.2, 0.25) is 0 Å². The molecule has 0 fully saturated rings. The number of hydrogen-bond donors (Lipinski definition) is 1. The van der Waals surface area contributed by atoms with Gasteiger partial charge in [-0.3, -0.25) is 4.79 Å². The second-order valence-corrected chi connectivity index (χ2v) is 3.88. The first-order valence-electron chi connectivity index (χ1n) is 4.66. The zero-order chi connectivity index (χ0) is 12.1. The highest BCUT2D eigenvalue weighted by molar-refractivity contribution is 7.80. The molecule has 0 aliphatic carbocycles. The third-order valence-corrected chi connectivity index (χ3v) is 2.91. The summed E-state index contributed by atoms with van der Waals surface area (Å²) >= 11 is 10.1. The molecule has 5 heteroatoms. The minimum absolute atomic E-state index is 0.00995. The molecule has 0 bridgehead atoms. The number of nitriles is 1. The smallest absolute Gasteiger partial charge is 0.310 e. The van der Waals surface area contributed by atoms with Gasteiger partial charge in [0.1, 0.15) is 0 Å². The summed E-state index contributed by atoms with van der Waals surface area (Å²) in [6.45, 7) is 2.03. The van der Waals surface area contributed by atoms with Crippen LogP contribution in [0.15, 0.2) is 17.0 Å². The Morgan fingerprint density at radius 2 is 2.31 bits per heavy atom. The first kappa shape index (κ1) is 12.9. The molecule has 84 valence electrons. The molecular weight excluding hydrogens is 246 g/mol. The topological polar surface area (TPSA) is 50.1 Å². The molecule has 3 nitrogen and oxygen atoms in total. The van der Waals surface area contributed by atoms with E-state index in [1.165, 1.54) is 0 Å². The predicted octanol–water partition coefficient (Wildman–Crippen LogP) is 2.61. The van der Waals surface area contributed by atoms with Crippen molar-refractivity contribution in [3.63, 3.8) is 0 Å². The zero-order valence-electron chi connectivity index (χ0n) is 8.66. The highest BCUT2D eigenvalue weighted by Crippen LogP contribution is 2.27. The average Bonchev–Trinajstić information content (AvgIpc) is 2.25. The van der Waals surface area contributed by atoms with E-state index in [2.05, 4.69) is 12.6 Å². The predicted molar refractivity (Wildman–Crippen MR) is 63.8 cm³/mol. The minimum Gasteiger partial charge on any atom is -0.466 e. The van der Waals surface area contributed by atoms with Gasteiger partial charge in [-0.2, -0.15) is 5.26 Å². The Labute approximate surface area is 104 Å². The Morgan fingerprint density at radius 3 is 2.88 bits per heavy atom. The van der Waals surface area contributed by atoms with E-state index >= 15 is 0 Å². The molecule has 0 saturated heterocycles. The van der Waals surface area contributed by atoms with E-state index in [0.717, 1.165) is 0 Å². The van der Waals surface area contributed by atoms with Crippen LogP contribution in [0.4, 0.5) is 0 Å². The second kappa shape index (κ2) is 5.78. The maximum atomic E-state index is 11.3. The Bertz CT molecular complexity index is 454. The number of hydrogen-bond acceptors (Lipinski definition) is 4. The van der Waals surface area contributed by atoms with Gasteiger partial charge in [0.25, 0.3) is 0 Å². The summed E-state index contributed by atoms with van der Waals surface area (Å²) < 4.78 is 4.81. The molecule has 16 heavy (non-hydrogen) atoms. The van der Waals surface area contributed by atoms with Crippen LogP contribution in [-0.4, -0.2) is 12.6 Å². The van der Waals surface area contributed by atoms with E-state index in [-0.39, 0.29) is 6.42 Å². The van der Waals surface area contributed by atoms with Crippen LogP contribution in [0, 0.1) is 11.3 Å². The summed E-state index contributed by atoms with van der Waals surface area (Å²) in [5.74, 6) is -0.403. The third kappa shape index (κ3) is 2.91. The number of nitrogens with zero attached hydrogens (tertiary/aromatic N) is 1. The van der Waals surface area contributed by atoms with Gasteiger partial charge in [0, 0.05) is 10.5 Å². The van der Waals surface area contributed by atoms with Crippen LogP contribution >= 0.6 is 24.2 Å². The lowest BCUT2D eigenvalue weighted by Gasteiger charge is -2.08. The van der Waals surface area contributed by atoms with E-state index < -0.39 is 5.97 Å². The fourth-order valence-electron chi connectivity index (χ4n) is 1.24. The fourth-order valence-corrected chi connectivity index (χ4v) is 1.68. The molecule has 0 radical (unpaired) electrons. The Kier molecular flexibility index (Phi) is 4.66. The number of ether oxygens (including phenoxy) is 1. The molecule has 0 N–H and O–H groups in total. The fraction of sp³-hybridized carbons (Fsp3) is 0.273. The first-order chi connectivity index (χ1) is 7.60. The van der Waals surface area contributed by atoms with Crippen molar-refractivity contribution in [2.45, 2.75) is 18.2 Å². The molecule has 0 atom stereocenters. The molecule has 1 aromatic carbocycles. The van der Waals surface area contributed by atoms with Crippen molar-refractivity contribution in [2.75, 3.05) is 6.61 Å². The summed E-state index contributed by atoms with van der Waals surface area (Å²) in [6, 6.07) is 5.19. The van der Waals surface area contributed by atoms with E-state index in [1.54, 1.807) is 19.1 Å². The Hall–Kier alpha value is -1.18. The molecule has 0 unspecified atom stereocenters. The van der Waals surface area contributed by atoms with Crippen molar-refractivity contribution in [1.29, 1.82) is 5.26 Å². The van der Waals surface area contributed by atoms with E-state index in [9.17, 15) is 4.79 Å². The van der Waals surface area contributed by atoms with Crippen LogP contribution in [0.2, 0.25) is 5.02 Å². The number of benzene rings is 1. The number of carbonyl (C=O) groups is 1. The number of halogens is 1. The quantitative estimate of drug-likeness (QED) is 0.667. The largest absolute Gasteiger partial charge is 0.466 e. The van der Waals surface area contributed by atoms with Crippen LogP contribution in [0.3, 0.4) is 0 Å². The Morgan fingerprint density at radius 1 is 1.62 bits per heavy atom. The van der Waals surface area contributed by atoms with Crippen molar-refractivity contribution in [1.82, 2.24) is 0 Å². The van der Waals surface area contributed by atoms with Gasteiger partial charge in [-0.1, -0.05) is 11.6 Å². The molecule has 1 aromatic rings. The molecular formula is C11H10ClNO2S. The number of rotatable bonds is 3. The van der Waals surface area contributed by atoms with Crippen LogP contribution < -0.4 is 0 Å². The first-order valence-corrected chi connectivity index (χ1v) is 5.48. The van der Waals surface area contributed by atoms with Crippen molar-refractivity contribution >= 4 is 30.2 Å². The number of carbonyl (C=O) groups excluding carboxylic acids is 1. The Balaban J connectivity index is 3.07. The molecule has 0 spiro atoms. The third-order valence-electron chi connectivity index (χ3n) is 1.97. The van der Waals surface area contributed by atoms with Crippen LogP contribution in [0.25, 0.3) is 0 Å². The molecule has 0 amide bonds. The van der Waals surface area contributed by atoms with Gasteiger partial charge in [0.15, 0.2) is 0 Å². The lowest BCUT2D eigenvalue weighted by molar-refractivity contribution is -0.142.